The van der Waals surface area contributed by atoms with Gasteiger partial charge in [0.2, 0.25) is 5.91 Å². The maximum absolute atomic E-state index is 13.3. The van der Waals surface area contributed by atoms with E-state index in [-0.39, 0.29) is 11.7 Å². The number of benzene rings is 1. The van der Waals surface area contributed by atoms with Gasteiger partial charge >= 0.3 is 0 Å². The molecular weight excluding hydrogens is 243 g/mol. The van der Waals surface area contributed by atoms with Gasteiger partial charge in [0.15, 0.2) is 0 Å². The number of rotatable bonds is 6. The molecule has 3 nitrogen and oxygen atoms in total. The third-order valence-electron chi connectivity index (χ3n) is 3.62. The molecule has 0 aromatic heterocycles. The Morgan fingerprint density at radius 3 is 3.00 bits per heavy atom. The van der Waals surface area contributed by atoms with Crippen LogP contribution in [0.1, 0.15) is 24.8 Å². The molecule has 0 bridgehead atoms. The minimum atomic E-state index is -0.200. The summed E-state index contributed by atoms with van der Waals surface area (Å²) in [6, 6.07) is 6.69. The van der Waals surface area contributed by atoms with Crippen molar-refractivity contribution in [3.05, 3.63) is 35.6 Å². The second-order valence-electron chi connectivity index (χ2n) is 5.09. The lowest BCUT2D eigenvalue weighted by Crippen LogP contribution is -2.26. The number of halogens is 1. The van der Waals surface area contributed by atoms with E-state index >= 15 is 0 Å². The third-order valence-corrected chi connectivity index (χ3v) is 3.62. The molecule has 0 radical (unpaired) electrons. The molecule has 0 spiro atoms. The second kappa shape index (κ2) is 7.24. The summed E-state index contributed by atoms with van der Waals surface area (Å²) in [4.78, 5) is 11.6. The van der Waals surface area contributed by atoms with Crippen molar-refractivity contribution in [1.29, 1.82) is 0 Å². The quantitative estimate of drug-likeness (QED) is 0.823. The summed E-state index contributed by atoms with van der Waals surface area (Å²) in [6.07, 6.45) is 3.23. The predicted octanol–water partition coefficient (Wildman–Crippen LogP) is 1.87. The third kappa shape index (κ3) is 4.63. The Morgan fingerprint density at radius 1 is 1.42 bits per heavy atom. The topological polar surface area (TPSA) is 41.1 Å². The van der Waals surface area contributed by atoms with Crippen molar-refractivity contribution in [2.24, 2.45) is 5.92 Å². The minimum Gasteiger partial charge on any atom is -0.356 e. The monoisotopic (exact) mass is 264 g/mol. The molecule has 1 heterocycles. The summed E-state index contributed by atoms with van der Waals surface area (Å²) in [6.45, 7) is 2.60. The summed E-state index contributed by atoms with van der Waals surface area (Å²) in [5.74, 6) is 0.509. The average Bonchev–Trinajstić information content (AvgIpc) is 2.92. The molecule has 1 aliphatic rings. The molecular formula is C15H21FN2O. The molecule has 0 aliphatic carbocycles. The molecule has 1 aromatic rings. The van der Waals surface area contributed by atoms with Crippen LogP contribution in [0.3, 0.4) is 0 Å². The normalized spacial score (nSPS) is 18.5. The number of nitrogens with one attached hydrogen (secondary N) is 2. The van der Waals surface area contributed by atoms with Gasteiger partial charge in [0.05, 0.1) is 0 Å². The molecule has 1 unspecified atom stereocenters. The Hall–Kier alpha value is -1.42. The maximum atomic E-state index is 13.3. The largest absolute Gasteiger partial charge is 0.356 e. The Kier molecular flexibility index (Phi) is 5.33. The van der Waals surface area contributed by atoms with Gasteiger partial charge in [0.1, 0.15) is 5.82 Å². The van der Waals surface area contributed by atoms with E-state index in [1.54, 1.807) is 12.1 Å². The number of amides is 1. The molecule has 0 saturated carbocycles. The van der Waals surface area contributed by atoms with Crippen molar-refractivity contribution in [2.75, 3.05) is 19.6 Å². The molecule has 1 aliphatic heterocycles. The zero-order chi connectivity index (χ0) is 13.5. The Balaban J connectivity index is 1.62. The van der Waals surface area contributed by atoms with Gasteiger partial charge in [-0.25, -0.2) is 4.39 Å². The summed E-state index contributed by atoms with van der Waals surface area (Å²) in [5, 5.41) is 6.15. The second-order valence-corrected chi connectivity index (χ2v) is 5.09. The van der Waals surface area contributed by atoms with E-state index in [0.29, 0.717) is 30.9 Å². The molecule has 1 saturated heterocycles. The summed E-state index contributed by atoms with van der Waals surface area (Å²) in [5.41, 5.74) is 0.655. The van der Waals surface area contributed by atoms with E-state index in [9.17, 15) is 9.18 Å². The molecule has 1 atom stereocenters. The fourth-order valence-electron chi connectivity index (χ4n) is 2.42. The van der Waals surface area contributed by atoms with Crippen molar-refractivity contribution in [2.45, 2.75) is 25.7 Å². The van der Waals surface area contributed by atoms with Crippen LogP contribution in [-0.4, -0.2) is 25.5 Å². The van der Waals surface area contributed by atoms with Crippen LogP contribution in [0.5, 0.6) is 0 Å². The van der Waals surface area contributed by atoms with E-state index < -0.39 is 0 Å². The van der Waals surface area contributed by atoms with E-state index in [4.69, 9.17) is 0 Å². The van der Waals surface area contributed by atoms with Crippen LogP contribution >= 0.6 is 0 Å². The predicted molar refractivity (Wildman–Crippen MR) is 73.3 cm³/mol. The standard InChI is InChI=1S/C15H21FN2O/c16-14-4-2-1-3-13(14)8-10-18-15(19)6-5-12-7-9-17-11-12/h1-4,12,17H,5-11H2,(H,18,19). The first-order valence-corrected chi connectivity index (χ1v) is 6.96. The van der Waals surface area contributed by atoms with Gasteiger partial charge in [-0.05, 0) is 49.9 Å². The first-order valence-electron chi connectivity index (χ1n) is 6.96. The maximum Gasteiger partial charge on any atom is 0.220 e. The molecule has 2 N–H and O–H groups in total. The van der Waals surface area contributed by atoms with E-state index in [1.165, 1.54) is 12.5 Å². The van der Waals surface area contributed by atoms with Crippen molar-refractivity contribution in [3.8, 4) is 0 Å². The van der Waals surface area contributed by atoms with Crippen LogP contribution < -0.4 is 10.6 Å². The SMILES string of the molecule is O=C(CCC1CCNC1)NCCc1ccccc1F. The van der Waals surface area contributed by atoms with Crippen LogP contribution in [0.15, 0.2) is 24.3 Å². The van der Waals surface area contributed by atoms with Crippen LogP contribution in [-0.2, 0) is 11.2 Å². The van der Waals surface area contributed by atoms with Crippen molar-refractivity contribution in [3.63, 3.8) is 0 Å². The molecule has 104 valence electrons. The Labute approximate surface area is 113 Å². The fourth-order valence-corrected chi connectivity index (χ4v) is 2.42. The van der Waals surface area contributed by atoms with Crippen LogP contribution in [0.4, 0.5) is 4.39 Å². The zero-order valence-electron chi connectivity index (χ0n) is 11.1. The van der Waals surface area contributed by atoms with Gasteiger partial charge in [0, 0.05) is 13.0 Å². The van der Waals surface area contributed by atoms with Crippen molar-refractivity contribution >= 4 is 5.91 Å². The fraction of sp³-hybridized carbons (Fsp3) is 0.533. The lowest BCUT2D eigenvalue weighted by molar-refractivity contribution is -0.121. The van der Waals surface area contributed by atoms with Gasteiger partial charge in [-0.1, -0.05) is 18.2 Å². The minimum absolute atomic E-state index is 0.0724. The average molecular weight is 264 g/mol. The number of hydrogen-bond acceptors (Lipinski definition) is 2. The van der Waals surface area contributed by atoms with E-state index in [2.05, 4.69) is 10.6 Å². The molecule has 19 heavy (non-hydrogen) atoms. The summed E-state index contributed by atoms with van der Waals surface area (Å²) < 4.78 is 13.3. The van der Waals surface area contributed by atoms with Gasteiger partial charge < -0.3 is 10.6 Å². The first kappa shape index (κ1) is 14.0. The van der Waals surface area contributed by atoms with Crippen molar-refractivity contribution in [1.82, 2.24) is 10.6 Å². The highest BCUT2D eigenvalue weighted by Gasteiger charge is 2.15. The van der Waals surface area contributed by atoms with Gasteiger partial charge in [0.25, 0.3) is 0 Å². The number of carbonyl (C=O) groups is 1. The Bertz CT molecular complexity index is 416. The van der Waals surface area contributed by atoms with Gasteiger partial charge in [-0.3, -0.25) is 4.79 Å². The highest BCUT2D eigenvalue weighted by atomic mass is 19.1. The summed E-state index contributed by atoms with van der Waals surface area (Å²) in [7, 11) is 0. The lowest BCUT2D eigenvalue weighted by Gasteiger charge is -2.09. The van der Waals surface area contributed by atoms with E-state index in [0.717, 1.165) is 19.5 Å². The van der Waals surface area contributed by atoms with Gasteiger partial charge in [-0.15, -0.1) is 0 Å². The van der Waals surface area contributed by atoms with Crippen LogP contribution in [0, 0.1) is 11.7 Å². The van der Waals surface area contributed by atoms with Crippen LogP contribution in [0.2, 0.25) is 0 Å². The number of hydrogen-bond donors (Lipinski definition) is 2. The molecule has 4 heteroatoms. The van der Waals surface area contributed by atoms with E-state index in [1.807, 2.05) is 6.07 Å². The number of carbonyl (C=O) groups excluding carboxylic acids is 1. The molecule has 1 aromatic carbocycles. The molecule has 1 fully saturated rings. The summed E-state index contributed by atoms with van der Waals surface area (Å²) >= 11 is 0. The molecule has 1 amide bonds. The highest BCUT2D eigenvalue weighted by molar-refractivity contribution is 5.75. The zero-order valence-corrected chi connectivity index (χ0v) is 11.1. The Morgan fingerprint density at radius 2 is 2.26 bits per heavy atom. The first-order chi connectivity index (χ1) is 9.25. The highest BCUT2D eigenvalue weighted by Crippen LogP contribution is 2.14. The smallest absolute Gasteiger partial charge is 0.220 e. The van der Waals surface area contributed by atoms with Gasteiger partial charge in [-0.2, -0.15) is 0 Å². The molecule has 2 rings (SSSR count). The van der Waals surface area contributed by atoms with Crippen LogP contribution in [0.25, 0.3) is 0 Å². The van der Waals surface area contributed by atoms with Crippen molar-refractivity contribution < 1.29 is 9.18 Å². The lowest BCUT2D eigenvalue weighted by atomic mass is 10.0.